The first-order chi connectivity index (χ1) is 24.8. The number of thiophene rings is 1. The molecular formula is C48H31NS. The summed E-state index contributed by atoms with van der Waals surface area (Å²) in [6.45, 7) is 0. The summed E-state index contributed by atoms with van der Waals surface area (Å²) in [7, 11) is 0. The maximum Gasteiger partial charge on any atom is 0.0547 e. The summed E-state index contributed by atoms with van der Waals surface area (Å²) in [5.41, 5.74) is 13.4. The van der Waals surface area contributed by atoms with Crippen molar-refractivity contribution in [3.8, 4) is 50.2 Å². The van der Waals surface area contributed by atoms with Gasteiger partial charge < -0.3 is 4.57 Å². The van der Waals surface area contributed by atoms with E-state index in [0.29, 0.717) is 0 Å². The predicted molar refractivity (Wildman–Crippen MR) is 215 cm³/mol. The fourth-order valence-corrected chi connectivity index (χ4v) is 8.81. The van der Waals surface area contributed by atoms with E-state index < -0.39 is 0 Å². The minimum absolute atomic E-state index is 1.17. The molecule has 8 aromatic carbocycles. The lowest BCUT2D eigenvalue weighted by Gasteiger charge is -2.14. The second kappa shape index (κ2) is 11.7. The summed E-state index contributed by atoms with van der Waals surface area (Å²) < 4.78 is 5.10. The Morgan fingerprint density at radius 2 is 0.860 bits per heavy atom. The first kappa shape index (κ1) is 28.8. The third-order valence-corrected chi connectivity index (χ3v) is 11.2. The van der Waals surface area contributed by atoms with Crippen LogP contribution in [-0.4, -0.2) is 4.57 Å². The van der Waals surface area contributed by atoms with E-state index in [9.17, 15) is 0 Å². The molecule has 0 aliphatic carbocycles. The predicted octanol–water partition coefficient (Wildman–Crippen LogP) is 13.8. The summed E-state index contributed by atoms with van der Waals surface area (Å²) in [4.78, 5) is 0. The second-order valence-electron chi connectivity index (χ2n) is 12.9. The summed E-state index contributed by atoms with van der Waals surface area (Å²) >= 11 is 1.89. The molecule has 2 heteroatoms. The van der Waals surface area contributed by atoms with E-state index in [2.05, 4.69) is 193 Å². The number of hydrogen-bond donors (Lipinski definition) is 0. The Hall–Kier alpha value is -6.22. The largest absolute Gasteiger partial charge is 0.309 e. The van der Waals surface area contributed by atoms with Crippen molar-refractivity contribution in [2.75, 3.05) is 0 Å². The van der Waals surface area contributed by atoms with Crippen LogP contribution in [0.5, 0.6) is 0 Å². The standard InChI is InChI=1S/C48H31NS/c1-3-13-32(14-4-1)34-17-11-19-36(27-34)37-25-26-41-40-21-7-9-23-45(40)49(46(41)29-37)39-30-43(48-44(31-39)42-22-8-10-24-47(42)50-48)38-20-12-18-35(28-38)33-15-5-2-6-16-33/h1-31H. The lowest BCUT2D eigenvalue weighted by molar-refractivity contribution is 1.19. The van der Waals surface area contributed by atoms with E-state index in [4.69, 9.17) is 0 Å². The molecule has 0 fully saturated rings. The number of fused-ring (bicyclic) bond motifs is 6. The maximum absolute atomic E-state index is 2.48. The molecule has 10 rings (SSSR count). The minimum Gasteiger partial charge on any atom is -0.309 e. The van der Waals surface area contributed by atoms with Crippen molar-refractivity contribution in [3.05, 3.63) is 188 Å². The monoisotopic (exact) mass is 653 g/mol. The van der Waals surface area contributed by atoms with Crippen LogP contribution in [-0.2, 0) is 0 Å². The molecule has 0 amide bonds. The summed E-state index contributed by atoms with van der Waals surface area (Å²) in [5.74, 6) is 0. The Labute approximate surface area is 295 Å². The van der Waals surface area contributed by atoms with Crippen LogP contribution in [0.4, 0.5) is 0 Å². The molecule has 0 radical (unpaired) electrons. The van der Waals surface area contributed by atoms with E-state index in [0.717, 1.165) is 0 Å². The highest BCUT2D eigenvalue weighted by molar-refractivity contribution is 7.26. The van der Waals surface area contributed by atoms with Crippen LogP contribution < -0.4 is 0 Å². The van der Waals surface area contributed by atoms with Crippen LogP contribution in [0.25, 0.3) is 92.2 Å². The molecule has 50 heavy (non-hydrogen) atoms. The van der Waals surface area contributed by atoms with Crippen molar-refractivity contribution in [1.82, 2.24) is 4.57 Å². The zero-order valence-electron chi connectivity index (χ0n) is 27.3. The maximum atomic E-state index is 2.48. The molecule has 2 aromatic heterocycles. The average Bonchev–Trinajstić information content (AvgIpc) is 3.74. The molecule has 0 N–H and O–H groups in total. The van der Waals surface area contributed by atoms with Gasteiger partial charge in [-0.15, -0.1) is 11.3 Å². The Balaban J connectivity index is 1.23. The van der Waals surface area contributed by atoms with Gasteiger partial charge in [-0.25, -0.2) is 0 Å². The van der Waals surface area contributed by atoms with E-state index >= 15 is 0 Å². The molecule has 1 nitrogen and oxygen atoms in total. The van der Waals surface area contributed by atoms with Crippen LogP contribution in [0, 0.1) is 0 Å². The van der Waals surface area contributed by atoms with Crippen molar-refractivity contribution in [2.24, 2.45) is 0 Å². The van der Waals surface area contributed by atoms with Crippen molar-refractivity contribution in [1.29, 1.82) is 0 Å². The zero-order chi connectivity index (χ0) is 33.0. The summed E-state index contributed by atoms with van der Waals surface area (Å²) in [6, 6.07) is 68.7. The quantitative estimate of drug-likeness (QED) is 0.174. The molecule has 0 unspecified atom stereocenters. The number of para-hydroxylation sites is 1. The van der Waals surface area contributed by atoms with Crippen LogP contribution in [0.3, 0.4) is 0 Å². The molecule has 0 atom stereocenters. The first-order valence-corrected chi connectivity index (χ1v) is 17.9. The zero-order valence-corrected chi connectivity index (χ0v) is 28.1. The lowest BCUT2D eigenvalue weighted by atomic mass is 9.97. The van der Waals surface area contributed by atoms with Gasteiger partial charge in [0.15, 0.2) is 0 Å². The first-order valence-electron chi connectivity index (χ1n) is 17.1. The van der Waals surface area contributed by atoms with Gasteiger partial charge in [0, 0.05) is 42.2 Å². The van der Waals surface area contributed by atoms with Gasteiger partial charge in [0.05, 0.1) is 11.0 Å². The number of hydrogen-bond acceptors (Lipinski definition) is 1. The molecule has 234 valence electrons. The highest BCUT2D eigenvalue weighted by Crippen LogP contribution is 2.44. The third kappa shape index (κ3) is 4.76. The van der Waals surface area contributed by atoms with Gasteiger partial charge in [-0.1, -0.05) is 146 Å². The van der Waals surface area contributed by atoms with E-state index in [-0.39, 0.29) is 0 Å². The topological polar surface area (TPSA) is 4.93 Å². The number of rotatable bonds is 5. The number of benzene rings is 8. The van der Waals surface area contributed by atoms with Gasteiger partial charge >= 0.3 is 0 Å². The molecule has 0 bridgehead atoms. The summed E-state index contributed by atoms with van der Waals surface area (Å²) in [5, 5.41) is 5.11. The SMILES string of the molecule is c1ccc(-c2cccc(-c3ccc4c5ccccc5n(-c5cc(-c6cccc(-c7ccccc7)c6)c6sc7ccccc7c6c5)c4c3)c2)cc1. The Morgan fingerprint density at radius 1 is 0.320 bits per heavy atom. The Morgan fingerprint density at radius 3 is 1.60 bits per heavy atom. The molecule has 10 aromatic rings. The lowest BCUT2D eigenvalue weighted by Crippen LogP contribution is -1.95. The molecule has 2 heterocycles. The molecule has 0 spiro atoms. The average molecular weight is 654 g/mol. The molecule has 0 saturated carbocycles. The van der Waals surface area contributed by atoms with Gasteiger partial charge in [0.2, 0.25) is 0 Å². The van der Waals surface area contributed by atoms with Gasteiger partial charge in [-0.2, -0.15) is 0 Å². The second-order valence-corrected chi connectivity index (χ2v) is 14.0. The van der Waals surface area contributed by atoms with Crippen LogP contribution >= 0.6 is 11.3 Å². The molecule has 0 aliphatic rings. The van der Waals surface area contributed by atoms with E-state index in [1.165, 1.54) is 92.2 Å². The Bertz CT molecular complexity index is 2860. The molecule has 0 saturated heterocycles. The van der Waals surface area contributed by atoms with Crippen LogP contribution in [0.15, 0.2) is 188 Å². The minimum atomic E-state index is 1.17. The van der Waals surface area contributed by atoms with Crippen LogP contribution in [0.1, 0.15) is 0 Å². The van der Waals surface area contributed by atoms with E-state index in [1.54, 1.807) is 0 Å². The van der Waals surface area contributed by atoms with Crippen LogP contribution in [0.2, 0.25) is 0 Å². The van der Waals surface area contributed by atoms with Gasteiger partial charge in [-0.05, 0) is 81.4 Å². The summed E-state index contributed by atoms with van der Waals surface area (Å²) in [6.07, 6.45) is 0. The smallest absolute Gasteiger partial charge is 0.0547 e. The highest BCUT2D eigenvalue weighted by atomic mass is 32.1. The van der Waals surface area contributed by atoms with Crippen molar-refractivity contribution >= 4 is 53.3 Å². The van der Waals surface area contributed by atoms with Gasteiger partial charge in [0.25, 0.3) is 0 Å². The Kier molecular flexibility index (Phi) is 6.75. The van der Waals surface area contributed by atoms with Crippen molar-refractivity contribution in [3.63, 3.8) is 0 Å². The number of nitrogens with zero attached hydrogens (tertiary/aromatic N) is 1. The fourth-order valence-electron chi connectivity index (χ4n) is 7.59. The van der Waals surface area contributed by atoms with E-state index in [1.807, 2.05) is 11.3 Å². The normalized spacial score (nSPS) is 11.6. The highest BCUT2D eigenvalue weighted by Gasteiger charge is 2.18. The van der Waals surface area contributed by atoms with Gasteiger partial charge in [-0.3, -0.25) is 0 Å². The van der Waals surface area contributed by atoms with Gasteiger partial charge in [0.1, 0.15) is 0 Å². The van der Waals surface area contributed by atoms with Crippen molar-refractivity contribution < 1.29 is 0 Å². The number of aromatic nitrogens is 1. The third-order valence-electron chi connectivity index (χ3n) is 9.98. The molecular weight excluding hydrogens is 623 g/mol. The fraction of sp³-hybridized carbons (Fsp3) is 0. The van der Waals surface area contributed by atoms with Crippen molar-refractivity contribution in [2.45, 2.75) is 0 Å². The molecule has 0 aliphatic heterocycles.